The highest BCUT2D eigenvalue weighted by Crippen LogP contribution is 2.52. The van der Waals surface area contributed by atoms with Crippen molar-refractivity contribution in [3.05, 3.63) is 133 Å². The molecule has 7 aromatic rings. The molecule has 0 bridgehead atoms. The normalized spacial score (nSPS) is 20.3. The number of hydrogen-bond acceptors (Lipinski definition) is 9. The van der Waals surface area contributed by atoms with Crippen molar-refractivity contribution < 1.29 is 23.0 Å². The van der Waals surface area contributed by atoms with Crippen molar-refractivity contribution in [1.29, 1.82) is 0 Å². The van der Waals surface area contributed by atoms with Crippen molar-refractivity contribution in [2.45, 2.75) is 77.3 Å². The van der Waals surface area contributed by atoms with Gasteiger partial charge in [-0.3, -0.25) is 23.4 Å². The van der Waals surface area contributed by atoms with E-state index in [1.165, 1.54) is 14.7 Å². The minimum atomic E-state index is -2.63. The smallest absolute Gasteiger partial charge is 0.387 e. The number of carbonyl (C=O) groups excluding carboxylic acids is 1. The molecule has 0 radical (unpaired) electrons. The summed E-state index contributed by atoms with van der Waals surface area (Å²) in [7, 11) is -0.878. The molecule has 1 aliphatic carbocycles. The van der Waals surface area contributed by atoms with Crippen LogP contribution >= 0.6 is 7.14 Å². The largest absolute Gasteiger partial charge is 0.438 e. The molecule has 1 saturated carbocycles. The van der Waals surface area contributed by atoms with Crippen LogP contribution in [0.4, 0.5) is 10.1 Å². The maximum Gasteiger partial charge on any atom is 0.438 e. The third-order valence-corrected chi connectivity index (χ3v) is 15.5. The van der Waals surface area contributed by atoms with Gasteiger partial charge in [0.15, 0.2) is 5.82 Å². The van der Waals surface area contributed by atoms with E-state index in [-0.39, 0.29) is 35.3 Å². The van der Waals surface area contributed by atoms with Crippen LogP contribution < -0.4 is 22.1 Å². The molecule has 17 heteroatoms. The Morgan fingerprint density at radius 1 is 0.954 bits per heavy atom. The SMILES string of the molecule is CNc1cc(-n2ccn(-c3c4c(nn3-c3cc(C)c(F)c(C)c3)CCN(C(=O)c3cc5cc(C6CCOCC6)ccc5n3C3C(c5noc(=O)[nH]5)C[C@@H]3C)[C@H]4C)c2=O)ccc1P(C)(C)=O. The van der Waals surface area contributed by atoms with E-state index in [4.69, 9.17) is 14.4 Å². The number of H-pyrrole nitrogens is 1. The van der Waals surface area contributed by atoms with E-state index in [1.54, 1.807) is 75.6 Å². The molecule has 2 fully saturated rings. The number of nitrogens with zero attached hydrogens (tertiary/aromatic N) is 7. The van der Waals surface area contributed by atoms with Gasteiger partial charge in [-0.2, -0.15) is 5.10 Å². The molecule has 3 aliphatic rings. The molecule has 65 heavy (non-hydrogen) atoms. The lowest BCUT2D eigenvalue weighted by atomic mass is 9.70. The Morgan fingerprint density at radius 2 is 1.69 bits per heavy atom. The zero-order valence-corrected chi connectivity index (χ0v) is 38.5. The fourth-order valence-electron chi connectivity index (χ4n) is 10.6. The highest BCUT2D eigenvalue weighted by molar-refractivity contribution is 7.70. The fraction of sp³-hybridized carbons (Fsp3) is 0.396. The van der Waals surface area contributed by atoms with Crippen molar-refractivity contribution in [3.63, 3.8) is 0 Å². The molecule has 4 atom stereocenters. The summed E-state index contributed by atoms with van der Waals surface area (Å²) in [5.74, 6) is 0.109. The van der Waals surface area contributed by atoms with Gasteiger partial charge in [0.1, 0.15) is 24.5 Å². The molecule has 2 N–H and O–H groups in total. The average molecular weight is 902 g/mol. The lowest BCUT2D eigenvalue weighted by Gasteiger charge is -2.44. The van der Waals surface area contributed by atoms with Gasteiger partial charge in [0.05, 0.1) is 23.1 Å². The van der Waals surface area contributed by atoms with Gasteiger partial charge in [-0.05, 0) is 130 Å². The van der Waals surface area contributed by atoms with E-state index in [2.05, 4.69) is 45.1 Å². The zero-order valence-electron chi connectivity index (χ0n) is 37.6. The standard InChI is InChI=1S/C48H53FN9O6P/c1-26-20-34(21-27(2)42(26)49)58-45(56-17-16-55(48(56)61)33-9-11-40(65(6,7)62)37(25-33)50-5)41-29(4)54(15-12-36(41)52-58)46(59)39-24-32-23-31(30-13-18-63-19-14-30)8-10-38(32)57(39)43-28(3)22-35(43)44-51-47(60)64-53-44/h8-11,16-17,20-21,23-25,28-30,35,43,50H,12-15,18-19,22H2,1-7H3,(H,51,53,60)/t28-,29-,35?,43?/m0/s1. The van der Waals surface area contributed by atoms with E-state index in [0.29, 0.717) is 88.5 Å². The van der Waals surface area contributed by atoms with Crippen LogP contribution in [0, 0.1) is 25.6 Å². The Morgan fingerprint density at radius 3 is 2.37 bits per heavy atom. The highest BCUT2D eigenvalue weighted by Gasteiger charge is 2.46. The molecular weight excluding hydrogens is 849 g/mol. The Balaban J connectivity index is 1.10. The summed E-state index contributed by atoms with van der Waals surface area (Å²) in [5.41, 5.74) is 6.36. The number of anilines is 1. The van der Waals surface area contributed by atoms with Crippen LogP contribution in [0.5, 0.6) is 0 Å². The predicted molar refractivity (Wildman–Crippen MR) is 247 cm³/mol. The Bertz CT molecular complexity index is 3170. The molecule has 1 saturated heterocycles. The van der Waals surface area contributed by atoms with Crippen LogP contribution in [0.3, 0.4) is 0 Å². The Labute approximate surface area is 374 Å². The van der Waals surface area contributed by atoms with Crippen molar-refractivity contribution in [1.82, 2.24) is 38.5 Å². The van der Waals surface area contributed by atoms with Crippen LogP contribution in [0.2, 0.25) is 0 Å². The summed E-state index contributed by atoms with van der Waals surface area (Å²) in [6, 6.07) is 16.5. The summed E-state index contributed by atoms with van der Waals surface area (Å²) in [4.78, 5) is 47.0. The summed E-state index contributed by atoms with van der Waals surface area (Å²) in [6.45, 7) is 12.7. The molecule has 10 rings (SSSR count). The molecule has 2 aliphatic heterocycles. The second-order valence-electron chi connectivity index (χ2n) is 18.4. The first-order valence-electron chi connectivity index (χ1n) is 22.3. The number of amides is 1. The van der Waals surface area contributed by atoms with Crippen LogP contribution in [0.1, 0.15) is 101 Å². The van der Waals surface area contributed by atoms with E-state index in [9.17, 15) is 14.2 Å². The summed E-state index contributed by atoms with van der Waals surface area (Å²) < 4.78 is 45.8. The van der Waals surface area contributed by atoms with Crippen molar-refractivity contribution >= 4 is 34.9 Å². The number of ether oxygens (including phenoxy) is 1. The van der Waals surface area contributed by atoms with Gasteiger partial charge in [-0.15, -0.1) is 0 Å². The number of aryl methyl sites for hydroxylation is 2. The topological polar surface area (TPSA) is 167 Å². The summed E-state index contributed by atoms with van der Waals surface area (Å²) >= 11 is 0. The molecule has 3 aromatic carbocycles. The van der Waals surface area contributed by atoms with Gasteiger partial charge >= 0.3 is 11.4 Å². The molecule has 15 nitrogen and oxygen atoms in total. The predicted octanol–water partition coefficient (Wildman–Crippen LogP) is 7.51. The lowest BCUT2D eigenvalue weighted by molar-refractivity contribution is 0.0647. The fourth-order valence-corrected chi connectivity index (χ4v) is 11.8. The Hall–Kier alpha value is -6.25. The number of hydrogen-bond donors (Lipinski definition) is 2. The third kappa shape index (κ3) is 7.12. The lowest BCUT2D eigenvalue weighted by Crippen LogP contribution is -2.42. The van der Waals surface area contributed by atoms with Gasteiger partial charge in [-0.25, -0.2) is 18.7 Å². The first-order chi connectivity index (χ1) is 31.1. The van der Waals surface area contributed by atoms with Gasteiger partial charge < -0.3 is 24.1 Å². The molecule has 4 aromatic heterocycles. The number of aromatic nitrogens is 7. The average Bonchev–Trinajstić information content (AvgIpc) is 4.08. The molecule has 6 heterocycles. The number of imidazole rings is 1. The number of carbonyl (C=O) groups is 1. The second-order valence-corrected chi connectivity index (χ2v) is 21.6. The van der Waals surface area contributed by atoms with Gasteiger partial charge in [-0.1, -0.05) is 18.1 Å². The number of benzene rings is 3. The van der Waals surface area contributed by atoms with Gasteiger partial charge in [0.2, 0.25) is 0 Å². The minimum Gasteiger partial charge on any atom is -0.387 e. The van der Waals surface area contributed by atoms with E-state index < -0.39 is 18.9 Å². The second kappa shape index (κ2) is 16.0. The molecule has 2 unspecified atom stereocenters. The Kier molecular flexibility index (Phi) is 10.5. The highest BCUT2D eigenvalue weighted by atomic mass is 31.2. The molecule has 0 spiro atoms. The number of rotatable bonds is 9. The summed E-state index contributed by atoms with van der Waals surface area (Å²) in [5, 5.41) is 14.0. The zero-order chi connectivity index (χ0) is 45.6. The van der Waals surface area contributed by atoms with Crippen molar-refractivity contribution in [2.24, 2.45) is 5.92 Å². The van der Waals surface area contributed by atoms with Crippen LogP contribution in [-0.2, 0) is 15.7 Å². The number of nitrogens with one attached hydrogen (secondary N) is 2. The van der Waals surface area contributed by atoms with Crippen molar-refractivity contribution in [3.8, 4) is 17.2 Å². The third-order valence-electron chi connectivity index (χ3n) is 14.0. The maximum atomic E-state index is 15.5. The van der Waals surface area contributed by atoms with E-state index in [1.807, 2.05) is 24.0 Å². The van der Waals surface area contributed by atoms with Gasteiger partial charge in [0, 0.05) is 85.0 Å². The molecule has 1 amide bonds. The van der Waals surface area contributed by atoms with Crippen LogP contribution in [0.25, 0.3) is 28.1 Å². The van der Waals surface area contributed by atoms with E-state index >= 15 is 9.18 Å². The quantitative estimate of drug-likeness (QED) is 0.139. The number of fused-ring (bicyclic) bond motifs is 2. The minimum absolute atomic E-state index is 0.153. The summed E-state index contributed by atoms with van der Waals surface area (Å²) in [6.07, 6.45) is 6.37. The molecular formula is C48H53FN9O6P. The first kappa shape index (κ1) is 42.7. The van der Waals surface area contributed by atoms with Crippen LogP contribution in [-0.4, -0.2) is 84.6 Å². The molecule has 338 valence electrons. The van der Waals surface area contributed by atoms with E-state index in [0.717, 1.165) is 35.9 Å². The first-order valence-corrected chi connectivity index (χ1v) is 24.9. The van der Waals surface area contributed by atoms with Gasteiger partial charge in [0.25, 0.3) is 5.91 Å². The monoisotopic (exact) mass is 901 g/mol. The number of aromatic amines is 1. The van der Waals surface area contributed by atoms with Crippen LogP contribution in [0.15, 0.2) is 81.1 Å². The maximum absolute atomic E-state index is 15.5. The number of halogens is 1. The van der Waals surface area contributed by atoms with Crippen molar-refractivity contribution in [2.75, 3.05) is 45.5 Å².